The van der Waals surface area contributed by atoms with Gasteiger partial charge in [0.25, 0.3) is 0 Å². The van der Waals surface area contributed by atoms with E-state index in [2.05, 4.69) is 10.3 Å². The van der Waals surface area contributed by atoms with E-state index >= 15 is 0 Å². The average molecular weight is 268 g/mol. The van der Waals surface area contributed by atoms with Gasteiger partial charge in [0, 0.05) is 23.2 Å². The number of hydrogen-bond donors (Lipinski definition) is 1. The maximum Gasteiger partial charge on any atom is 0.128 e. The summed E-state index contributed by atoms with van der Waals surface area (Å²) in [4.78, 5) is 4.19. The highest BCUT2D eigenvalue weighted by Gasteiger charge is 2.16. The lowest BCUT2D eigenvalue weighted by atomic mass is 10.1. The zero-order chi connectivity index (χ0) is 13.1. The average Bonchev–Trinajstić information content (AvgIpc) is 2.85. The molecule has 2 aromatic rings. The molecule has 5 heteroatoms. The standard InChI is InChI=1S/C13H14F2N2S/c1-8(11-7-10(14)3-4-12(11)15)17-9(2)13-16-5-6-18-13/h3-9,17H,1-2H3. The molecule has 2 nitrogen and oxygen atoms in total. The van der Waals surface area contributed by atoms with Gasteiger partial charge in [0.2, 0.25) is 0 Å². The summed E-state index contributed by atoms with van der Waals surface area (Å²) < 4.78 is 26.7. The third kappa shape index (κ3) is 2.91. The Bertz CT molecular complexity index is 514. The van der Waals surface area contributed by atoms with Crippen molar-refractivity contribution >= 4 is 11.3 Å². The van der Waals surface area contributed by atoms with Gasteiger partial charge in [-0.15, -0.1) is 11.3 Å². The second kappa shape index (κ2) is 5.54. The van der Waals surface area contributed by atoms with Crippen LogP contribution in [0.1, 0.15) is 36.5 Å². The normalized spacial score (nSPS) is 14.4. The summed E-state index contributed by atoms with van der Waals surface area (Å²) in [7, 11) is 0. The van der Waals surface area contributed by atoms with Gasteiger partial charge in [-0.1, -0.05) is 0 Å². The van der Waals surface area contributed by atoms with Crippen LogP contribution in [-0.2, 0) is 0 Å². The molecule has 0 aliphatic rings. The highest BCUT2D eigenvalue weighted by molar-refractivity contribution is 7.09. The van der Waals surface area contributed by atoms with Crippen LogP contribution < -0.4 is 5.32 Å². The van der Waals surface area contributed by atoms with Crippen molar-refractivity contribution in [1.29, 1.82) is 0 Å². The molecule has 1 aromatic heterocycles. The number of hydrogen-bond acceptors (Lipinski definition) is 3. The lowest BCUT2D eigenvalue weighted by Crippen LogP contribution is -2.23. The molecule has 2 unspecified atom stereocenters. The van der Waals surface area contributed by atoms with E-state index in [0.29, 0.717) is 5.56 Å². The van der Waals surface area contributed by atoms with Gasteiger partial charge in [0.1, 0.15) is 16.6 Å². The highest BCUT2D eigenvalue weighted by Crippen LogP contribution is 2.23. The third-order valence-corrected chi connectivity index (χ3v) is 3.70. The number of aromatic nitrogens is 1. The van der Waals surface area contributed by atoms with Gasteiger partial charge < -0.3 is 5.32 Å². The molecular weight excluding hydrogens is 254 g/mol. The molecule has 0 bridgehead atoms. The first-order valence-electron chi connectivity index (χ1n) is 5.68. The molecule has 18 heavy (non-hydrogen) atoms. The Morgan fingerprint density at radius 3 is 2.67 bits per heavy atom. The molecule has 0 amide bonds. The number of benzene rings is 1. The largest absolute Gasteiger partial charge is 0.301 e. The Labute approximate surface area is 109 Å². The van der Waals surface area contributed by atoms with Crippen LogP contribution in [-0.4, -0.2) is 4.98 Å². The monoisotopic (exact) mass is 268 g/mol. The first-order valence-corrected chi connectivity index (χ1v) is 6.56. The molecule has 1 aromatic carbocycles. The molecule has 0 aliphatic carbocycles. The maximum absolute atomic E-state index is 13.6. The first-order chi connectivity index (χ1) is 8.58. The van der Waals surface area contributed by atoms with Gasteiger partial charge in [-0.3, -0.25) is 0 Å². The van der Waals surface area contributed by atoms with Gasteiger partial charge in [-0.2, -0.15) is 0 Å². The lowest BCUT2D eigenvalue weighted by molar-refractivity contribution is 0.468. The smallest absolute Gasteiger partial charge is 0.128 e. The van der Waals surface area contributed by atoms with Crippen molar-refractivity contribution < 1.29 is 8.78 Å². The Morgan fingerprint density at radius 1 is 1.22 bits per heavy atom. The van der Waals surface area contributed by atoms with Gasteiger partial charge in [0.15, 0.2) is 0 Å². The molecule has 0 saturated carbocycles. The van der Waals surface area contributed by atoms with Crippen molar-refractivity contribution in [3.8, 4) is 0 Å². The predicted octanol–water partition coefficient (Wildman–Crippen LogP) is 3.83. The summed E-state index contributed by atoms with van der Waals surface area (Å²) in [5.41, 5.74) is 0.332. The molecule has 0 radical (unpaired) electrons. The fourth-order valence-corrected chi connectivity index (χ4v) is 2.49. The van der Waals surface area contributed by atoms with Crippen LogP contribution in [0.4, 0.5) is 8.78 Å². The van der Waals surface area contributed by atoms with E-state index in [-0.39, 0.29) is 12.1 Å². The van der Waals surface area contributed by atoms with E-state index < -0.39 is 11.6 Å². The van der Waals surface area contributed by atoms with Crippen molar-refractivity contribution in [3.63, 3.8) is 0 Å². The molecule has 2 atom stereocenters. The summed E-state index contributed by atoms with van der Waals surface area (Å²) in [6.45, 7) is 3.76. The van der Waals surface area contributed by atoms with Crippen LogP contribution in [0.15, 0.2) is 29.8 Å². The zero-order valence-electron chi connectivity index (χ0n) is 10.2. The highest BCUT2D eigenvalue weighted by atomic mass is 32.1. The van der Waals surface area contributed by atoms with Crippen LogP contribution in [0.3, 0.4) is 0 Å². The first kappa shape index (κ1) is 13.1. The number of nitrogens with one attached hydrogen (secondary N) is 1. The summed E-state index contributed by atoms with van der Waals surface area (Å²) in [5, 5.41) is 6.03. The van der Waals surface area contributed by atoms with Crippen molar-refractivity contribution in [2.45, 2.75) is 25.9 Å². The van der Waals surface area contributed by atoms with Crippen LogP contribution in [0, 0.1) is 11.6 Å². The van der Waals surface area contributed by atoms with Crippen LogP contribution in [0.2, 0.25) is 0 Å². The van der Waals surface area contributed by atoms with Crippen LogP contribution in [0.25, 0.3) is 0 Å². The van der Waals surface area contributed by atoms with Crippen molar-refractivity contribution in [2.24, 2.45) is 0 Å². The van der Waals surface area contributed by atoms with Gasteiger partial charge in [-0.25, -0.2) is 13.8 Å². The van der Waals surface area contributed by atoms with E-state index in [4.69, 9.17) is 0 Å². The number of rotatable bonds is 4. The van der Waals surface area contributed by atoms with Gasteiger partial charge in [0.05, 0.1) is 6.04 Å². The minimum absolute atomic E-state index is 0.00247. The molecule has 0 saturated heterocycles. The second-order valence-electron chi connectivity index (χ2n) is 4.15. The van der Waals surface area contributed by atoms with Crippen molar-refractivity contribution in [3.05, 3.63) is 52.0 Å². The second-order valence-corrected chi connectivity index (χ2v) is 5.07. The third-order valence-electron chi connectivity index (χ3n) is 2.75. The van der Waals surface area contributed by atoms with Gasteiger partial charge >= 0.3 is 0 Å². The van der Waals surface area contributed by atoms with E-state index in [1.807, 2.05) is 19.2 Å². The molecular formula is C13H14F2N2S. The number of thiazole rings is 1. The predicted molar refractivity (Wildman–Crippen MR) is 68.4 cm³/mol. The summed E-state index contributed by atoms with van der Waals surface area (Å²) in [6.07, 6.45) is 1.73. The van der Waals surface area contributed by atoms with E-state index in [0.717, 1.165) is 17.1 Å². The summed E-state index contributed by atoms with van der Waals surface area (Å²) in [6, 6.07) is 3.22. The van der Waals surface area contributed by atoms with Crippen molar-refractivity contribution in [1.82, 2.24) is 10.3 Å². The molecule has 2 rings (SSSR count). The maximum atomic E-state index is 13.6. The Balaban J connectivity index is 2.12. The quantitative estimate of drug-likeness (QED) is 0.911. The molecule has 0 spiro atoms. The fourth-order valence-electron chi connectivity index (χ4n) is 1.83. The van der Waals surface area contributed by atoms with Crippen LogP contribution >= 0.6 is 11.3 Å². The SMILES string of the molecule is CC(NC(C)c1cc(F)ccc1F)c1nccs1. The number of nitrogens with zero attached hydrogens (tertiary/aromatic N) is 1. The molecule has 0 fully saturated rings. The summed E-state index contributed by atoms with van der Waals surface area (Å²) >= 11 is 1.53. The fraction of sp³-hybridized carbons (Fsp3) is 0.308. The topological polar surface area (TPSA) is 24.9 Å². The van der Waals surface area contributed by atoms with Crippen molar-refractivity contribution in [2.75, 3.05) is 0 Å². The minimum Gasteiger partial charge on any atom is -0.301 e. The minimum atomic E-state index is -0.429. The molecule has 1 heterocycles. The molecule has 0 aliphatic heterocycles. The van der Waals surface area contributed by atoms with E-state index in [9.17, 15) is 8.78 Å². The Hall–Kier alpha value is -1.33. The number of halogens is 2. The van der Waals surface area contributed by atoms with E-state index in [1.165, 1.54) is 17.4 Å². The Kier molecular flexibility index (Phi) is 4.04. The zero-order valence-corrected chi connectivity index (χ0v) is 11.0. The van der Waals surface area contributed by atoms with E-state index in [1.54, 1.807) is 6.20 Å². The Morgan fingerprint density at radius 2 is 2.00 bits per heavy atom. The molecule has 96 valence electrons. The lowest BCUT2D eigenvalue weighted by Gasteiger charge is -2.19. The van der Waals surface area contributed by atoms with Gasteiger partial charge in [-0.05, 0) is 32.0 Å². The summed E-state index contributed by atoms with van der Waals surface area (Å²) in [5.74, 6) is -0.829. The molecule has 1 N–H and O–H groups in total. The van der Waals surface area contributed by atoms with Crippen LogP contribution in [0.5, 0.6) is 0 Å².